The van der Waals surface area contributed by atoms with Gasteiger partial charge in [0.1, 0.15) is 4.75 Å². The van der Waals surface area contributed by atoms with E-state index in [-0.39, 0.29) is 6.61 Å². The molecule has 1 rings (SSSR count). The maximum atomic E-state index is 11.2. The number of thioether (sulfide) groups is 1. The van der Waals surface area contributed by atoms with E-state index >= 15 is 0 Å². The minimum absolute atomic E-state index is 0.181. The van der Waals surface area contributed by atoms with Crippen LogP contribution in [0.2, 0.25) is 0 Å². The molecule has 1 unspecified atom stereocenters. The number of carboxylic acids is 1. The molecule has 0 saturated carbocycles. The molecule has 0 spiro atoms. The summed E-state index contributed by atoms with van der Waals surface area (Å²) < 4.78 is 4.03. The molecule has 0 bridgehead atoms. The number of aryl methyl sites for hydroxylation is 1. The normalized spacial score (nSPS) is 14.4. The first-order chi connectivity index (χ1) is 7.48. The van der Waals surface area contributed by atoms with Gasteiger partial charge in [-0.1, -0.05) is 17.7 Å². The zero-order chi connectivity index (χ0) is 12.2. The Morgan fingerprint density at radius 2 is 2.25 bits per heavy atom. The average molecular weight is 240 g/mol. The lowest BCUT2D eigenvalue weighted by atomic mass is 10.2. The van der Waals surface area contributed by atoms with E-state index in [9.17, 15) is 9.90 Å². The van der Waals surface area contributed by atoms with Gasteiger partial charge in [0.05, 0.1) is 6.61 Å². The second kappa shape index (κ2) is 5.37. The summed E-state index contributed by atoms with van der Waals surface area (Å²) in [5.74, 6) is -0.860. The first kappa shape index (κ1) is 13.1. The number of aliphatic carboxylic acids is 1. The summed E-state index contributed by atoms with van der Waals surface area (Å²) in [6.45, 7) is 3.84. The molecule has 4 heteroatoms. The van der Waals surface area contributed by atoms with Gasteiger partial charge < -0.3 is 9.84 Å². The molecular formula is C12H16O3S. The highest BCUT2D eigenvalue weighted by molar-refractivity contribution is 8.01. The molecule has 16 heavy (non-hydrogen) atoms. The number of carboxylic acid groups (broad SMARTS) is 1. The van der Waals surface area contributed by atoms with E-state index in [0.717, 1.165) is 10.5 Å². The molecule has 1 aromatic rings. The first-order valence-corrected chi connectivity index (χ1v) is 5.77. The number of methoxy groups -OCH3 is 1. The summed E-state index contributed by atoms with van der Waals surface area (Å²) in [4.78, 5) is 12.1. The van der Waals surface area contributed by atoms with Crippen LogP contribution in [0.4, 0.5) is 0 Å². The van der Waals surface area contributed by atoms with Crippen LogP contribution in [0.1, 0.15) is 12.5 Å². The fourth-order valence-electron chi connectivity index (χ4n) is 1.35. The van der Waals surface area contributed by atoms with E-state index in [1.54, 1.807) is 6.92 Å². The average Bonchev–Trinajstić information content (AvgIpc) is 2.17. The first-order valence-electron chi connectivity index (χ1n) is 4.96. The van der Waals surface area contributed by atoms with Crippen LogP contribution in [0.15, 0.2) is 29.2 Å². The minimum atomic E-state index is -0.942. The molecule has 0 heterocycles. The molecular weight excluding hydrogens is 224 g/mol. The molecule has 3 nitrogen and oxygen atoms in total. The zero-order valence-electron chi connectivity index (χ0n) is 9.69. The van der Waals surface area contributed by atoms with Gasteiger partial charge >= 0.3 is 5.97 Å². The molecule has 0 saturated heterocycles. The van der Waals surface area contributed by atoms with Crippen molar-refractivity contribution < 1.29 is 14.6 Å². The summed E-state index contributed by atoms with van der Waals surface area (Å²) in [6.07, 6.45) is 0. The summed E-state index contributed by atoms with van der Waals surface area (Å²) in [6, 6.07) is 7.79. The van der Waals surface area contributed by atoms with Gasteiger partial charge in [0, 0.05) is 12.0 Å². The van der Waals surface area contributed by atoms with Gasteiger partial charge in [0.2, 0.25) is 0 Å². The highest BCUT2D eigenvalue weighted by Gasteiger charge is 2.34. The SMILES string of the molecule is COCC(C)(Sc1cccc(C)c1)C(=O)O. The smallest absolute Gasteiger partial charge is 0.322 e. The molecule has 88 valence electrons. The topological polar surface area (TPSA) is 46.5 Å². The molecule has 0 aliphatic rings. The highest BCUT2D eigenvalue weighted by atomic mass is 32.2. The van der Waals surface area contributed by atoms with Crippen molar-refractivity contribution in [3.63, 3.8) is 0 Å². The predicted molar refractivity (Wildman–Crippen MR) is 65.0 cm³/mol. The molecule has 0 radical (unpaired) electrons. The van der Waals surface area contributed by atoms with E-state index in [1.807, 2.05) is 31.2 Å². The van der Waals surface area contributed by atoms with Crippen LogP contribution >= 0.6 is 11.8 Å². The van der Waals surface area contributed by atoms with Gasteiger partial charge in [-0.05, 0) is 26.0 Å². The zero-order valence-corrected chi connectivity index (χ0v) is 10.5. The van der Waals surface area contributed by atoms with Crippen molar-refractivity contribution in [1.29, 1.82) is 0 Å². The highest BCUT2D eigenvalue weighted by Crippen LogP contribution is 2.33. The van der Waals surface area contributed by atoms with E-state index in [0.29, 0.717) is 0 Å². The lowest BCUT2D eigenvalue weighted by Crippen LogP contribution is -2.36. The van der Waals surface area contributed by atoms with Gasteiger partial charge in [-0.2, -0.15) is 0 Å². The minimum Gasteiger partial charge on any atom is -0.480 e. The van der Waals surface area contributed by atoms with E-state index < -0.39 is 10.7 Å². The maximum absolute atomic E-state index is 11.2. The Morgan fingerprint density at radius 3 is 2.75 bits per heavy atom. The summed E-state index contributed by atoms with van der Waals surface area (Å²) in [5, 5.41) is 9.19. The van der Waals surface area contributed by atoms with Crippen molar-refractivity contribution in [3.05, 3.63) is 29.8 Å². The fourth-order valence-corrected chi connectivity index (χ4v) is 2.52. The maximum Gasteiger partial charge on any atom is 0.322 e. The third kappa shape index (κ3) is 3.25. The third-order valence-electron chi connectivity index (χ3n) is 2.20. The number of carbonyl (C=O) groups is 1. The molecule has 1 N–H and O–H groups in total. The molecule has 0 aromatic heterocycles. The quantitative estimate of drug-likeness (QED) is 0.803. The lowest BCUT2D eigenvalue weighted by molar-refractivity contribution is -0.140. The molecule has 0 aliphatic heterocycles. The largest absolute Gasteiger partial charge is 0.480 e. The van der Waals surface area contributed by atoms with Crippen LogP contribution in [0.25, 0.3) is 0 Å². The Bertz CT molecular complexity index is 378. The number of hydrogen-bond acceptors (Lipinski definition) is 3. The number of benzene rings is 1. The van der Waals surface area contributed by atoms with Crippen molar-refractivity contribution in [3.8, 4) is 0 Å². The van der Waals surface area contributed by atoms with Gasteiger partial charge in [-0.25, -0.2) is 0 Å². The Hall–Kier alpha value is -1.00. The Kier molecular flexibility index (Phi) is 4.38. The van der Waals surface area contributed by atoms with Crippen LogP contribution in [0, 0.1) is 6.92 Å². The Morgan fingerprint density at radius 1 is 1.56 bits per heavy atom. The summed E-state index contributed by atoms with van der Waals surface area (Å²) in [5.41, 5.74) is 1.12. The van der Waals surface area contributed by atoms with Crippen LogP contribution in [-0.4, -0.2) is 29.5 Å². The summed E-state index contributed by atoms with van der Waals surface area (Å²) >= 11 is 1.31. The Labute approximate surface area is 99.8 Å². The molecule has 1 aromatic carbocycles. The second-order valence-corrected chi connectivity index (χ2v) is 5.46. The van der Waals surface area contributed by atoms with Gasteiger partial charge in [-0.15, -0.1) is 11.8 Å². The van der Waals surface area contributed by atoms with E-state index in [1.165, 1.54) is 18.9 Å². The standard InChI is InChI=1S/C12H16O3S/c1-9-5-4-6-10(7-9)16-12(2,8-15-3)11(13)14/h4-7H,8H2,1-3H3,(H,13,14). The van der Waals surface area contributed by atoms with Crippen LogP contribution in [-0.2, 0) is 9.53 Å². The van der Waals surface area contributed by atoms with E-state index in [2.05, 4.69) is 0 Å². The van der Waals surface area contributed by atoms with Crippen molar-refractivity contribution in [2.24, 2.45) is 0 Å². The predicted octanol–water partition coefficient (Wildman–Crippen LogP) is 2.58. The van der Waals surface area contributed by atoms with Crippen LogP contribution in [0.3, 0.4) is 0 Å². The number of ether oxygens (including phenoxy) is 1. The molecule has 0 amide bonds. The Balaban J connectivity index is 2.87. The fraction of sp³-hybridized carbons (Fsp3) is 0.417. The second-order valence-electron chi connectivity index (χ2n) is 3.89. The number of hydrogen-bond donors (Lipinski definition) is 1. The number of rotatable bonds is 5. The summed E-state index contributed by atoms with van der Waals surface area (Å²) in [7, 11) is 1.51. The van der Waals surface area contributed by atoms with Crippen molar-refractivity contribution in [2.75, 3.05) is 13.7 Å². The molecule has 0 aliphatic carbocycles. The van der Waals surface area contributed by atoms with Crippen LogP contribution in [0.5, 0.6) is 0 Å². The van der Waals surface area contributed by atoms with Gasteiger partial charge in [0.25, 0.3) is 0 Å². The van der Waals surface area contributed by atoms with Gasteiger partial charge in [-0.3, -0.25) is 4.79 Å². The van der Waals surface area contributed by atoms with Crippen molar-refractivity contribution >= 4 is 17.7 Å². The molecule has 1 atom stereocenters. The van der Waals surface area contributed by atoms with Crippen molar-refractivity contribution in [1.82, 2.24) is 0 Å². The van der Waals surface area contributed by atoms with E-state index in [4.69, 9.17) is 4.74 Å². The van der Waals surface area contributed by atoms with Crippen molar-refractivity contribution in [2.45, 2.75) is 23.5 Å². The lowest BCUT2D eigenvalue weighted by Gasteiger charge is -2.23. The molecule has 0 fully saturated rings. The third-order valence-corrected chi connectivity index (χ3v) is 3.44. The van der Waals surface area contributed by atoms with Crippen LogP contribution < -0.4 is 0 Å². The van der Waals surface area contributed by atoms with Gasteiger partial charge in [0.15, 0.2) is 0 Å². The monoisotopic (exact) mass is 240 g/mol.